The highest BCUT2D eigenvalue weighted by Gasteiger charge is 2.27. The number of ether oxygens (including phenoxy) is 1. The zero-order valence-corrected chi connectivity index (χ0v) is 11.6. The molecular formula is C16H23NO2. The van der Waals surface area contributed by atoms with E-state index in [1.807, 2.05) is 30.3 Å². The fraction of sp³-hybridized carbons (Fsp3) is 0.562. The molecule has 2 rings (SSSR count). The second-order valence-corrected chi connectivity index (χ2v) is 5.29. The fourth-order valence-electron chi connectivity index (χ4n) is 2.86. The van der Waals surface area contributed by atoms with E-state index in [0.29, 0.717) is 18.6 Å². The van der Waals surface area contributed by atoms with Gasteiger partial charge in [0.15, 0.2) is 0 Å². The molecule has 0 aromatic heterocycles. The molecule has 19 heavy (non-hydrogen) atoms. The van der Waals surface area contributed by atoms with Crippen molar-refractivity contribution in [2.75, 3.05) is 0 Å². The van der Waals surface area contributed by atoms with Crippen LogP contribution < -0.4 is 5.32 Å². The van der Waals surface area contributed by atoms with Gasteiger partial charge in [0.2, 0.25) is 0 Å². The zero-order chi connectivity index (χ0) is 13.5. The van der Waals surface area contributed by atoms with E-state index in [9.17, 15) is 4.79 Å². The molecule has 104 valence electrons. The molecule has 0 radical (unpaired) electrons. The Morgan fingerprint density at radius 3 is 2.84 bits per heavy atom. The van der Waals surface area contributed by atoms with Crippen LogP contribution in [-0.4, -0.2) is 12.1 Å². The van der Waals surface area contributed by atoms with Crippen molar-refractivity contribution in [2.24, 2.45) is 5.92 Å². The van der Waals surface area contributed by atoms with Gasteiger partial charge in [-0.25, -0.2) is 4.79 Å². The van der Waals surface area contributed by atoms with Crippen LogP contribution >= 0.6 is 0 Å². The van der Waals surface area contributed by atoms with Crippen LogP contribution in [-0.2, 0) is 11.3 Å². The van der Waals surface area contributed by atoms with Crippen LogP contribution in [0.25, 0.3) is 0 Å². The van der Waals surface area contributed by atoms with Crippen molar-refractivity contribution in [1.29, 1.82) is 0 Å². The van der Waals surface area contributed by atoms with Gasteiger partial charge in [-0.2, -0.15) is 0 Å². The third kappa shape index (κ3) is 4.27. The first-order chi connectivity index (χ1) is 9.29. The van der Waals surface area contributed by atoms with E-state index in [4.69, 9.17) is 4.74 Å². The second-order valence-electron chi connectivity index (χ2n) is 5.29. The molecule has 0 spiro atoms. The third-order valence-corrected chi connectivity index (χ3v) is 3.83. The molecule has 1 N–H and O–H groups in total. The van der Waals surface area contributed by atoms with Gasteiger partial charge < -0.3 is 10.1 Å². The van der Waals surface area contributed by atoms with Crippen molar-refractivity contribution in [3.8, 4) is 0 Å². The maximum atomic E-state index is 11.8. The SMILES string of the molecule is CCCC1CCCC1NC(=O)OCc1ccccc1. The number of benzene rings is 1. The highest BCUT2D eigenvalue weighted by molar-refractivity contribution is 5.67. The van der Waals surface area contributed by atoms with Gasteiger partial charge in [0.25, 0.3) is 0 Å². The normalized spacial score (nSPS) is 22.2. The van der Waals surface area contributed by atoms with Gasteiger partial charge >= 0.3 is 6.09 Å². The summed E-state index contributed by atoms with van der Waals surface area (Å²) < 4.78 is 5.27. The van der Waals surface area contributed by atoms with Crippen LogP contribution in [0.4, 0.5) is 4.79 Å². The van der Waals surface area contributed by atoms with E-state index in [1.165, 1.54) is 25.7 Å². The van der Waals surface area contributed by atoms with E-state index < -0.39 is 0 Å². The third-order valence-electron chi connectivity index (χ3n) is 3.83. The van der Waals surface area contributed by atoms with E-state index in [0.717, 1.165) is 12.0 Å². The molecule has 2 unspecified atom stereocenters. The molecule has 0 bridgehead atoms. The summed E-state index contributed by atoms with van der Waals surface area (Å²) >= 11 is 0. The summed E-state index contributed by atoms with van der Waals surface area (Å²) in [4.78, 5) is 11.8. The first-order valence-corrected chi connectivity index (χ1v) is 7.27. The monoisotopic (exact) mass is 261 g/mol. The van der Waals surface area contributed by atoms with Crippen molar-refractivity contribution in [3.05, 3.63) is 35.9 Å². The summed E-state index contributed by atoms with van der Waals surface area (Å²) in [5.74, 6) is 0.634. The molecule has 1 aromatic carbocycles. The largest absolute Gasteiger partial charge is 0.445 e. The average Bonchev–Trinajstić information content (AvgIpc) is 2.85. The molecule has 0 heterocycles. The van der Waals surface area contributed by atoms with Crippen LogP contribution in [0.15, 0.2) is 30.3 Å². The first kappa shape index (κ1) is 13.9. The Labute approximate surface area is 115 Å². The van der Waals surface area contributed by atoms with Crippen LogP contribution in [0.5, 0.6) is 0 Å². The fourth-order valence-corrected chi connectivity index (χ4v) is 2.86. The molecule has 3 heteroatoms. The number of alkyl carbamates (subject to hydrolysis) is 1. The van der Waals surface area contributed by atoms with Crippen LogP contribution in [0.1, 0.15) is 44.6 Å². The Kier molecular flexibility index (Phi) is 5.25. The minimum atomic E-state index is -0.281. The van der Waals surface area contributed by atoms with Gasteiger partial charge in [-0.05, 0) is 30.7 Å². The minimum absolute atomic E-state index is 0.281. The number of amides is 1. The summed E-state index contributed by atoms with van der Waals surface area (Å²) in [5.41, 5.74) is 1.02. The zero-order valence-electron chi connectivity index (χ0n) is 11.6. The Balaban J connectivity index is 1.75. The smallest absolute Gasteiger partial charge is 0.407 e. The van der Waals surface area contributed by atoms with Crippen molar-refractivity contribution >= 4 is 6.09 Å². The Hall–Kier alpha value is -1.51. The van der Waals surface area contributed by atoms with E-state index >= 15 is 0 Å². The molecule has 3 nitrogen and oxygen atoms in total. The second kappa shape index (κ2) is 7.17. The molecule has 1 fully saturated rings. The maximum Gasteiger partial charge on any atom is 0.407 e. The summed E-state index contributed by atoms with van der Waals surface area (Å²) in [6, 6.07) is 10.1. The van der Waals surface area contributed by atoms with E-state index in [2.05, 4.69) is 12.2 Å². The lowest BCUT2D eigenvalue weighted by Gasteiger charge is -2.20. The molecule has 1 aromatic rings. The topological polar surface area (TPSA) is 38.3 Å². The van der Waals surface area contributed by atoms with Crippen molar-refractivity contribution in [3.63, 3.8) is 0 Å². The van der Waals surface area contributed by atoms with Gasteiger partial charge in [-0.3, -0.25) is 0 Å². The van der Waals surface area contributed by atoms with Gasteiger partial charge in [0.05, 0.1) is 0 Å². The molecule has 2 atom stereocenters. The van der Waals surface area contributed by atoms with Crippen molar-refractivity contribution in [2.45, 2.75) is 51.7 Å². The maximum absolute atomic E-state index is 11.8. The molecule has 0 aliphatic heterocycles. The van der Waals surface area contributed by atoms with Crippen LogP contribution in [0.3, 0.4) is 0 Å². The standard InChI is InChI=1S/C16H23NO2/c1-2-7-14-10-6-11-15(14)17-16(18)19-12-13-8-4-3-5-9-13/h3-5,8-9,14-15H,2,6-7,10-12H2,1H3,(H,17,18). The molecule has 1 aliphatic rings. The summed E-state index contributed by atoms with van der Waals surface area (Å²) in [6.45, 7) is 2.54. The van der Waals surface area contributed by atoms with Crippen molar-refractivity contribution in [1.82, 2.24) is 5.32 Å². The number of nitrogens with one attached hydrogen (secondary N) is 1. The quantitative estimate of drug-likeness (QED) is 0.873. The Morgan fingerprint density at radius 1 is 1.32 bits per heavy atom. The number of carbonyl (C=O) groups is 1. The summed E-state index contributed by atoms with van der Waals surface area (Å²) in [5, 5.41) is 3.02. The lowest BCUT2D eigenvalue weighted by Crippen LogP contribution is -2.37. The lowest BCUT2D eigenvalue weighted by molar-refractivity contribution is 0.133. The summed E-state index contributed by atoms with van der Waals surface area (Å²) in [6.07, 6.45) is 5.64. The Morgan fingerprint density at radius 2 is 2.11 bits per heavy atom. The van der Waals surface area contributed by atoms with Crippen LogP contribution in [0, 0.1) is 5.92 Å². The number of carbonyl (C=O) groups excluding carboxylic acids is 1. The number of hydrogen-bond donors (Lipinski definition) is 1. The average molecular weight is 261 g/mol. The molecule has 1 saturated carbocycles. The first-order valence-electron chi connectivity index (χ1n) is 7.27. The molecular weight excluding hydrogens is 238 g/mol. The van der Waals surface area contributed by atoms with Crippen LogP contribution in [0.2, 0.25) is 0 Å². The van der Waals surface area contributed by atoms with E-state index in [1.54, 1.807) is 0 Å². The summed E-state index contributed by atoms with van der Waals surface area (Å²) in [7, 11) is 0. The van der Waals surface area contributed by atoms with Gasteiger partial charge in [0.1, 0.15) is 6.61 Å². The highest BCUT2D eigenvalue weighted by atomic mass is 16.5. The Bertz CT molecular complexity index is 391. The minimum Gasteiger partial charge on any atom is -0.445 e. The van der Waals surface area contributed by atoms with Gasteiger partial charge in [-0.15, -0.1) is 0 Å². The number of rotatable bonds is 5. The van der Waals surface area contributed by atoms with Crippen molar-refractivity contribution < 1.29 is 9.53 Å². The van der Waals surface area contributed by atoms with Gasteiger partial charge in [0, 0.05) is 6.04 Å². The molecule has 1 amide bonds. The molecule has 0 saturated heterocycles. The predicted octanol–water partition coefficient (Wildman–Crippen LogP) is 3.88. The molecule has 1 aliphatic carbocycles. The highest BCUT2D eigenvalue weighted by Crippen LogP contribution is 2.29. The predicted molar refractivity (Wildman–Crippen MR) is 75.8 cm³/mol. The lowest BCUT2D eigenvalue weighted by atomic mass is 9.98. The van der Waals surface area contributed by atoms with Gasteiger partial charge in [-0.1, -0.05) is 50.1 Å². The van der Waals surface area contributed by atoms with E-state index in [-0.39, 0.29) is 6.09 Å². The number of hydrogen-bond acceptors (Lipinski definition) is 2.